The first-order chi connectivity index (χ1) is 8.99. The Morgan fingerprint density at radius 1 is 1.11 bits per heavy atom. The maximum Gasteiger partial charge on any atom is 0.296 e. The highest BCUT2D eigenvalue weighted by atomic mass is 32.2. The zero-order chi connectivity index (χ0) is 14.3. The molecule has 5 nitrogen and oxygen atoms in total. The molecule has 0 aliphatic heterocycles. The molecule has 1 aromatic rings. The molecule has 108 valence electrons. The lowest BCUT2D eigenvalue weighted by atomic mass is 10.2. The summed E-state index contributed by atoms with van der Waals surface area (Å²) in [4.78, 5) is 0.174. The maximum atomic E-state index is 11.8. The molecule has 0 unspecified atom stereocenters. The van der Waals surface area contributed by atoms with E-state index in [0.29, 0.717) is 12.8 Å². The van der Waals surface area contributed by atoms with Crippen LogP contribution < -0.4 is 0 Å². The molecule has 0 amide bonds. The lowest BCUT2D eigenvalue weighted by Gasteiger charge is -2.12. The van der Waals surface area contributed by atoms with Gasteiger partial charge in [0.05, 0.1) is 11.5 Å². The Hall–Kier alpha value is -0.950. The fraction of sp³-hybridized carbons (Fsp3) is 0.538. The molecule has 0 N–H and O–H groups in total. The van der Waals surface area contributed by atoms with Gasteiger partial charge in [-0.3, -0.25) is 4.18 Å². The van der Waals surface area contributed by atoms with E-state index in [0.717, 1.165) is 5.56 Å². The second kappa shape index (κ2) is 7.59. The minimum absolute atomic E-state index is 0.111. The van der Waals surface area contributed by atoms with E-state index in [1.54, 1.807) is 12.1 Å². The lowest BCUT2D eigenvalue weighted by Crippen LogP contribution is -2.15. The van der Waals surface area contributed by atoms with Gasteiger partial charge in [0.2, 0.25) is 0 Å². The Morgan fingerprint density at radius 3 is 2.21 bits per heavy atom. The van der Waals surface area contributed by atoms with E-state index >= 15 is 0 Å². The molecule has 1 rings (SSSR count). The third-order valence-electron chi connectivity index (χ3n) is 2.66. The molecule has 19 heavy (non-hydrogen) atoms. The van der Waals surface area contributed by atoms with Crippen LogP contribution in [0.3, 0.4) is 0 Å². The van der Waals surface area contributed by atoms with Gasteiger partial charge < -0.3 is 9.47 Å². The van der Waals surface area contributed by atoms with Crippen LogP contribution in [0.4, 0.5) is 0 Å². The van der Waals surface area contributed by atoms with Crippen molar-refractivity contribution in [3.63, 3.8) is 0 Å². The summed E-state index contributed by atoms with van der Waals surface area (Å²) in [6, 6.07) is 6.56. The largest absolute Gasteiger partial charge is 0.356 e. The van der Waals surface area contributed by atoms with E-state index in [2.05, 4.69) is 0 Å². The van der Waals surface area contributed by atoms with Gasteiger partial charge in [-0.05, 0) is 25.5 Å². The third kappa shape index (κ3) is 5.28. The molecule has 0 spiro atoms. The number of methoxy groups -OCH3 is 2. The van der Waals surface area contributed by atoms with Gasteiger partial charge in [0.25, 0.3) is 10.1 Å². The van der Waals surface area contributed by atoms with E-state index in [9.17, 15) is 8.42 Å². The van der Waals surface area contributed by atoms with Crippen LogP contribution in [0.1, 0.15) is 18.4 Å². The Morgan fingerprint density at radius 2 is 1.68 bits per heavy atom. The molecule has 6 heteroatoms. The van der Waals surface area contributed by atoms with Crippen LogP contribution in [0, 0.1) is 6.92 Å². The highest BCUT2D eigenvalue weighted by Crippen LogP contribution is 2.14. The molecular formula is C13H20O5S. The normalized spacial score (nSPS) is 12.0. The summed E-state index contributed by atoms with van der Waals surface area (Å²) >= 11 is 0. The Bertz CT molecular complexity index is 462. The van der Waals surface area contributed by atoms with Crippen molar-refractivity contribution in [2.24, 2.45) is 0 Å². The van der Waals surface area contributed by atoms with Crippen LogP contribution in [0.15, 0.2) is 29.2 Å². The van der Waals surface area contributed by atoms with Crippen LogP contribution in [0.2, 0.25) is 0 Å². The molecular weight excluding hydrogens is 268 g/mol. The van der Waals surface area contributed by atoms with Crippen molar-refractivity contribution in [2.75, 3.05) is 20.8 Å². The fourth-order valence-electron chi connectivity index (χ4n) is 1.52. The van der Waals surface area contributed by atoms with Crippen LogP contribution in [0.5, 0.6) is 0 Å². The summed E-state index contributed by atoms with van der Waals surface area (Å²) in [6.45, 7) is 2.01. The zero-order valence-corrected chi connectivity index (χ0v) is 12.3. The van der Waals surface area contributed by atoms with Gasteiger partial charge >= 0.3 is 0 Å². The summed E-state index contributed by atoms with van der Waals surface area (Å²) in [5.41, 5.74) is 1.00. The van der Waals surface area contributed by atoms with Crippen LogP contribution in [0.25, 0.3) is 0 Å². The summed E-state index contributed by atoms with van der Waals surface area (Å²) in [7, 11) is -0.591. The van der Waals surface area contributed by atoms with E-state index < -0.39 is 10.1 Å². The van der Waals surface area contributed by atoms with Crippen molar-refractivity contribution in [3.8, 4) is 0 Å². The fourth-order valence-corrected chi connectivity index (χ4v) is 2.47. The van der Waals surface area contributed by atoms with Gasteiger partial charge in [0, 0.05) is 20.6 Å². The van der Waals surface area contributed by atoms with Crippen molar-refractivity contribution in [2.45, 2.75) is 31.0 Å². The number of ether oxygens (including phenoxy) is 2. The highest BCUT2D eigenvalue weighted by Gasteiger charge is 2.15. The maximum absolute atomic E-state index is 11.8. The summed E-state index contributed by atoms with van der Waals surface area (Å²) in [5, 5.41) is 0. The molecule has 0 aliphatic carbocycles. The van der Waals surface area contributed by atoms with Crippen molar-refractivity contribution < 1.29 is 22.1 Å². The van der Waals surface area contributed by atoms with Crippen molar-refractivity contribution in [3.05, 3.63) is 29.8 Å². The van der Waals surface area contributed by atoms with Gasteiger partial charge in [-0.25, -0.2) is 0 Å². The average molecular weight is 288 g/mol. The zero-order valence-electron chi connectivity index (χ0n) is 11.5. The minimum Gasteiger partial charge on any atom is -0.356 e. The lowest BCUT2D eigenvalue weighted by molar-refractivity contribution is -0.107. The molecule has 0 bridgehead atoms. The number of hydrogen-bond acceptors (Lipinski definition) is 5. The van der Waals surface area contributed by atoms with Gasteiger partial charge in [-0.1, -0.05) is 17.7 Å². The number of benzene rings is 1. The van der Waals surface area contributed by atoms with Crippen LogP contribution >= 0.6 is 0 Å². The molecule has 0 radical (unpaired) electrons. The first kappa shape index (κ1) is 16.1. The molecule has 0 aromatic heterocycles. The van der Waals surface area contributed by atoms with E-state index in [1.807, 2.05) is 6.92 Å². The quantitative estimate of drug-likeness (QED) is 0.416. The molecule has 0 aliphatic rings. The third-order valence-corrected chi connectivity index (χ3v) is 3.98. The monoisotopic (exact) mass is 288 g/mol. The predicted octanol–water partition coefficient (Wildman–Crippen LogP) is 2.10. The van der Waals surface area contributed by atoms with Crippen molar-refractivity contribution in [1.29, 1.82) is 0 Å². The summed E-state index contributed by atoms with van der Waals surface area (Å²) in [5.74, 6) is 0. The van der Waals surface area contributed by atoms with Crippen molar-refractivity contribution in [1.82, 2.24) is 0 Å². The predicted molar refractivity (Wildman–Crippen MR) is 71.4 cm³/mol. The number of rotatable bonds is 8. The second-order valence-electron chi connectivity index (χ2n) is 4.13. The number of aryl methyl sites for hydroxylation is 1. The molecule has 0 atom stereocenters. The van der Waals surface area contributed by atoms with Crippen LogP contribution in [-0.4, -0.2) is 35.5 Å². The van der Waals surface area contributed by atoms with Gasteiger partial charge in [-0.2, -0.15) is 8.42 Å². The second-order valence-corrected chi connectivity index (χ2v) is 5.75. The topological polar surface area (TPSA) is 61.8 Å². The Balaban J connectivity index is 2.45. The first-order valence-corrected chi connectivity index (χ1v) is 7.42. The summed E-state index contributed by atoms with van der Waals surface area (Å²) in [6.07, 6.45) is 0.791. The molecule has 0 saturated heterocycles. The number of hydrogen-bond donors (Lipinski definition) is 0. The SMILES string of the molecule is COC(CCCOS(=O)(=O)c1ccc(C)cc1)OC. The van der Waals surface area contributed by atoms with Crippen molar-refractivity contribution >= 4 is 10.1 Å². The minimum atomic E-state index is -3.67. The van der Waals surface area contributed by atoms with Gasteiger partial charge in [0.1, 0.15) is 0 Å². The smallest absolute Gasteiger partial charge is 0.296 e. The molecule has 0 fully saturated rings. The van der Waals surface area contributed by atoms with E-state index in [-0.39, 0.29) is 17.8 Å². The van der Waals surface area contributed by atoms with Gasteiger partial charge in [0.15, 0.2) is 6.29 Å². The first-order valence-electron chi connectivity index (χ1n) is 6.01. The Labute approximate surface area is 114 Å². The van der Waals surface area contributed by atoms with Crippen LogP contribution in [-0.2, 0) is 23.8 Å². The molecule has 0 saturated carbocycles. The van der Waals surface area contributed by atoms with Gasteiger partial charge in [-0.15, -0.1) is 0 Å². The highest BCUT2D eigenvalue weighted by molar-refractivity contribution is 7.86. The Kier molecular flexibility index (Phi) is 6.44. The average Bonchev–Trinajstić information content (AvgIpc) is 2.39. The molecule has 1 aromatic carbocycles. The van der Waals surface area contributed by atoms with E-state index in [4.69, 9.17) is 13.7 Å². The molecule has 0 heterocycles. The standard InChI is InChI=1S/C13H20O5S/c1-11-6-8-12(9-7-11)19(14,15)18-10-4-5-13(16-2)17-3/h6-9,13H,4-5,10H2,1-3H3. The summed E-state index contributed by atoms with van der Waals surface area (Å²) < 4.78 is 38.6. The van der Waals surface area contributed by atoms with E-state index in [1.165, 1.54) is 26.4 Å².